The van der Waals surface area contributed by atoms with Gasteiger partial charge in [-0.05, 0) is 31.5 Å². The van der Waals surface area contributed by atoms with E-state index in [1.165, 1.54) is 5.56 Å². The minimum absolute atomic E-state index is 0.583. The second kappa shape index (κ2) is 5.54. The lowest BCUT2D eigenvalue weighted by Crippen LogP contribution is -2.05. The van der Waals surface area contributed by atoms with Gasteiger partial charge in [0.1, 0.15) is 10.8 Å². The minimum atomic E-state index is 0.583. The van der Waals surface area contributed by atoms with E-state index in [1.54, 1.807) is 11.3 Å². The van der Waals surface area contributed by atoms with E-state index in [4.69, 9.17) is 16.6 Å². The summed E-state index contributed by atoms with van der Waals surface area (Å²) in [7, 11) is 0. The third kappa shape index (κ3) is 2.58. The molecule has 3 aromatic rings. The van der Waals surface area contributed by atoms with Crippen LogP contribution in [0.15, 0.2) is 23.6 Å². The Bertz CT molecular complexity index is 745. The first-order chi connectivity index (χ1) is 9.67. The van der Waals surface area contributed by atoms with Crippen LogP contribution < -0.4 is 0 Å². The first-order valence-corrected chi connectivity index (χ1v) is 8.01. The number of aromatic nitrogens is 3. The Hall–Kier alpha value is -1.39. The lowest BCUT2D eigenvalue weighted by molar-refractivity contribution is 0.748. The summed E-state index contributed by atoms with van der Waals surface area (Å²) in [5, 5.41) is 3.19. The summed E-state index contributed by atoms with van der Waals surface area (Å²) in [6, 6.07) is 6.38. The molecule has 2 aromatic heterocycles. The Morgan fingerprint density at radius 1 is 1.25 bits per heavy atom. The maximum absolute atomic E-state index is 5.91. The van der Waals surface area contributed by atoms with Crippen molar-refractivity contribution in [3.63, 3.8) is 0 Å². The van der Waals surface area contributed by atoms with Crippen molar-refractivity contribution in [1.82, 2.24) is 14.5 Å². The number of imidazole rings is 1. The van der Waals surface area contributed by atoms with Crippen LogP contribution in [-0.4, -0.2) is 20.4 Å². The van der Waals surface area contributed by atoms with E-state index in [0.717, 1.165) is 40.5 Å². The maximum Gasteiger partial charge on any atom is 0.113 e. The fraction of sp³-hybridized carbons (Fsp3) is 0.333. The first kappa shape index (κ1) is 13.6. The normalized spacial score (nSPS) is 11.3. The van der Waals surface area contributed by atoms with Crippen molar-refractivity contribution < 1.29 is 0 Å². The molecule has 0 radical (unpaired) electrons. The molecule has 5 heteroatoms. The molecule has 1 aromatic carbocycles. The van der Waals surface area contributed by atoms with Crippen molar-refractivity contribution in [1.29, 1.82) is 0 Å². The van der Waals surface area contributed by atoms with E-state index < -0.39 is 0 Å². The number of rotatable bonds is 4. The van der Waals surface area contributed by atoms with Gasteiger partial charge in [-0.25, -0.2) is 9.97 Å². The number of nitrogens with zero attached hydrogens (tertiary/aromatic N) is 3. The van der Waals surface area contributed by atoms with E-state index in [0.29, 0.717) is 5.88 Å². The number of thiazole rings is 1. The molecule has 2 heterocycles. The fourth-order valence-electron chi connectivity index (χ4n) is 2.35. The summed E-state index contributed by atoms with van der Waals surface area (Å²) < 4.78 is 2.23. The van der Waals surface area contributed by atoms with Crippen molar-refractivity contribution in [2.24, 2.45) is 0 Å². The lowest BCUT2D eigenvalue weighted by atomic mass is 10.2. The monoisotopic (exact) mass is 305 g/mol. The molecule has 0 aliphatic heterocycles. The molecule has 0 unspecified atom stereocenters. The van der Waals surface area contributed by atoms with Gasteiger partial charge in [-0.2, -0.15) is 0 Å². The van der Waals surface area contributed by atoms with Gasteiger partial charge >= 0.3 is 0 Å². The summed E-state index contributed by atoms with van der Waals surface area (Å²) in [6.07, 6.45) is 0.777. The molecule has 0 atom stereocenters. The molecule has 0 spiro atoms. The van der Waals surface area contributed by atoms with Gasteiger partial charge in [0, 0.05) is 23.4 Å². The third-order valence-corrected chi connectivity index (χ3v) is 4.40. The van der Waals surface area contributed by atoms with Crippen LogP contribution in [0, 0.1) is 13.8 Å². The van der Waals surface area contributed by atoms with Gasteiger partial charge in [0.25, 0.3) is 0 Å². The van der Waals surface area contributed by atoms with E-state index in [1.807, 2.05) is 6.92 Å². The maximum atomic E-state index is 5.91. The molecule has 104 valence electrons. The van der Waals surface area contributed by atoms with Crippen LogP contribution >= 0.6 is 22.9 Å². The quantitative estimate of drug-likeness (QED) is 0.684. The van der Waals surface area contributed by atoms with Gasteiger partial charge in [-0.15, -0.1) is 22.9 Å². The lowest BCUT2D eigenvalue weighted by Gasteiger charge is -2.06. The fourth-order valence-corrected chi connectivity index (χ4v) is 3.28. The van der Waals surface area contributed by atoms with E-state index in [9.17, 15) is 0 Å². The highest BCUT2D eigenvalue weighted by Gasteiger charge is 2.12. The van der Waals surface area contributed by atoms with E-state index in [-0.39, 0.29) is 0 Å². The Morgan fingerprint density at radius 2 is 2.10 bits per heavy atom. The molecule has 0 amide bonds. The van der Waals surface area contributed by atoms with Gasteiger partial charge in [0.05, 0.1) is 17.6 Å². The first-order valence-electron chi connectivity index (χ1n) is 6.60. The van der Waals surface area contributed by atoms with Gasteiger partial charge in [-0.3, -0.25) is 0 Å². The van der Waals surface area contributed by atoms with Crippen LogP contribution in [0.3, 0.4) is 0 Å². The molecule has 0 aliphatic carbocycles. The van der Waals surface area contributed by atoms with Crippen LogP contribution in [-0.2, 0) is 13.0 Å². The highest BCUT2D eigenvalue weighted by molar-refractivity contribution is 7.09. The molecule has 3 nitrogen and oxygen atoms in total. The molecular weight excluding hydrogens is 290 g/mol. The van der Waals surface area contributed by atoms with Crippen LogP contribution in [0.5, 0.6) is 0 Å². The van der Waals surface area contributed by atoms with Gasteiger partial charge < -0.3 is 4.57 Å². The van der Waals surface area contributed by atoms with Gasteiger partial charge in [0.15, 0.2) is 0 Å². The Kier molecular flexibility index (Phi) is 3.76. The molecule has 0 saturated carbocycles. The highest BCUT2D eigenvalue weighted by atomic mass is 35.5. The highest BCUT2D eigenvalue weighted by Crippen LogP contribution is 2.21. The zero-order valence-corrected chi connectivity index (χ0v) is 13.1. The molecule has 0 fully saturated rings. The topological polar surface area (TPSA) is 30.7 Å². The predicted octanol–water partition coefficient (Wildman–Crippen LogP) is 3.94. The van der Waals surface area contributed by atoms with Crippen LogP contribution in [0.1, 0.15) is 22.1 Å². The summed E-state index contributed by atoms with van der Waals surface area (Å²) >= 11 is 7.60. The summed E-state index contributed by atoms with van der Waals surface area (Å²) in [6.45, 7) is 4.88. The van der Waals surface area contributed by atoms with Crippen molar-refractivity contribution in [3.8, 4) is 0 Å². The third-order valence-electron chi connectivity index (χ3n) is 3.26. The van der Waals surface area contributed by atoms with Crippen molar-refractivity contribution >= 4 is 34.0 Å². The van der Waals surface area contributed by atoms with Crippen molar-refractivity contribution in [3.05, 3.63) is 45.7 Å². The zero-order chi connectivity index (χ0) is 14.1. The van der Waals surface area contributed by atoms with Crippen LogP contribution in [0.25, 0.3) is 11.0 Å². The summed E-state index contributed by atoms with van der Waals surface area (Å²) in [5.41, 5.74) is 4.50. The summed E-state index contributed by atoms with van der Waals surface area (Å²) in [4.78, 5) is 9.27. The number of alkyl halides is 1. The Morgan fingerprint density at radius 3 is 2.80 bits per heavy atom. The summed E-state index contributed by atoms with van der Waals surface area (Å²) in [5.74, 6) is 1.62. The number of hydrogen-bond acceptors (Lipinski definition) is 3. The molecular formula is C15H16ClN3S. The van der Waals surface area contributed by atoms with Crippen LogP contribution in [0.4, 0.5) is 0 Å². The smallest absolute Gasteiger partial charge is 0.113 e. The van der Waals surface area contributed by atoms with Crippen molar-refractivity contribution in [2.45, 2.75) is 26.8 Å². The van der Waals surface area contributed by atoms with E-state index in [2.05, 4.69) is 40.1 Å². The predicted molar refractivity (Wildman–Crippen MR) is 84.8 cm³/mol. The largest absolute Gasteiger partial charge is 0.321 e. The van der Waals surface area contributed by atoms with Crippen molar-refractivity contribution in [2.75, 3.05) is 5.88 Å². The molecule has 3 rings (SSSR count). The minimum Gasteiger partial charge on any atom is -0.321 e. The SMILES string of the molecule is Cc1ccc2c(c1)nc(CCCl)n2Cc1nc(C)cs1. The Balaban J connectivity index is 2.08. The van der Waals surface area contributed by atoms with Gasteiger partial charge in [-0.1, -0.05) is 6.07 Å². The molecule has 0 bridgehead atoms. The number of fused-ring (bicyclic) bond motifs is 1. The average Bonchev–Trinajstić information content (AvgIpc) is 2.95. The average molecular weight is 306 g/mol. The standard InChI is InChI=1S/C15H16ClN3S/c1-10-3-4-13-12(7-10)18-14(5-6-16)19(13)8-15-17-11(2)9-20-15/h3-4,7,9H,5-6,8H2,1-2H3. The molecule has 0 aliphatic rings. The second-order valence-corrected chi connectivity index (χ2v) is 6.25. The second-order valence-electron chi connectivity index (χ2n) is 4.93. The Labute approximate surface area is 127 Å². The number of aryl methyl sites for hydroxylation is 3. The molecule has 20 heavy (non-hydrogen) atoms. The molecule has 0 N–H and O–H groups in total. The number of benzene rings is 1. The van der Waals surface area contributed by atoms with Gasteiger partial charge in [0.2, 0.25) is 0 Å². The van der Waals surface area contributed by atoms with E-state index >= 15 is 0 Å². The number of hydrogen-bond donors (Lipinski definition) is 0. The zero-order valence-electron chi connectivity index (χ0n) is 11.6. The van der Waals surface area contributed by atoms with Crippen LogP contribution in [0.2, 0.25) is 0 Å². The number of halogens is 1. The molecule has 0 saturated heterocycles.